The zero-order chi connectivity index (χ0) is 24.9. The van der Waals surface area contributed by atoms with Gasteiger partial charge in [0, 0.05) is 6.54 Å². The number of likely N-dealkylation sites (N-methyl/N-ethyl adjacent to an activating group) is 1. The summed E-state index contributed by atoms with van der Waals surface area (Å²) < 4.78 is 6.08. The third-order valence-electron chi connectivity index (χ3n) is 5.52. The van der Waals surface area contributed by atoms with Crippen LogP contribution in [-0.4, -0.2) is 43.2 Å². The summed E-state index contributed by atoms with van der Waals surface area (Å²) >= 11 is 0. The van der Waals surface area contributed by atoms with Crippen molar-refractivity contribution in [1.82, 2.24) is 4.90 Å². The van der Waals surface area contributed by atoms with Crippen molar-refractivity contribution in [2.24, 2.45) is 5.92 Å². The Morgan fingerprint density at radius 3 is 1.71 bits per heavy atom. The lowest BCUT2D eigenvalue weighted by Gasteiger charge is -2.20. The molecule has 3 aromatic carbocycles. The van der Waals surface area contributed by atoms with E-state index in [0.717, 1.165) is 25.1 Å². The summed E-state index contributed by atoms with van der Waals surface area (Å²) in [7, 11) is 4.12. The Kier molecular flexibility index (Phi) is 11.5. The second-order valence-electron chi connectivity index (χ2n) is 9.27. The van der Waals surface area contributed by atoms with E-state index in [1.165, 1.54) is 16.7 Å². The highest BCUT2D eigenvalue weighted by molar-refractivity contribution is 5.75. The van der Waals surface area contributed by atoms with Gasteiger partial charge in [-0.25, -0.2) is 0 Å². The third kappa shape index (κ3) is 9.50. The monoisotopic (exact) mass is 461 g/mol. The number of ether oxygens (including phenoxy) is 1. The number of carbonyl (C=O) groups is 1. The molecule has 0 spiro atoms. The number of rotatable bonds is 10. The number of hydrogen-bond donors (Lipinski definition) is 1. The van der Waals surface area contributed by atoms with Gasteiger partial charge in [0.1, 0.15) is 6.10 Å². The topological polar surface area (TPSA) is 49.8 Å². The average Bonchev–Trinajstić information content (AvgIpc) is 2.83. The van der Waals surface area contributed by atoms with Crippen LogP contribution in [0, 0.1) is 5.92 Å². The van der Waals surface area contributed by atoms with E-state index in [2.05, 4.69) is 81.4 Å². The molecule has 1 N–H and O–H groups in total. The van der Waals surface area contributed by atoms with Gasteiger partial charge in [-0.1, -0.05) is 98.8 Å². The Labute approximate surface area is 205 Å². The number of carboxylic acid groups (broad SMARTS) is 1. The molecule has 0 aromatic heterocycles. The molecule has 0 aliphatic heterocycles. The predicted molar refractivity (Wildman–Crippen MR) is 140 cm³/mol. The van der Waals surface area contributed by atoms with Crippen LogP contribution in [0.3, 0.4) is 0 Å². The average molecular weight is 462 g/mol. The number of aliphatic carboxylic acids is 1. The van der Waals surface area contributed by atoms with Crippen LogP contribution in [0.2, 0.25) is 0 Å². The van der Waals surface area contributed by atoms with Gasteiger partial charge in [0.2, 0.25) is 0 Å². The standard InChI is InChI=1S/C17H21NO.C13H18O2/c1-18(2)13-14-19-17(15-9-5-3-6-10-15)16-11-7-4-8-12-16;1-9(2)8-11-4-6-12(7-5-11)10(3)13(14)15/h3-12,17H,13-14H2,1-2H3;4-7,9-10H,8H2,1-3H3,(H,14,15). The Morgan fingerprint density at radius 2 is 1.29 bits per heavy atom. The van der Waals surface area contributed by atoms with Crippen molar-refractivity contribution < 1.29 is 14.6 Å². The predicted octanol–water partition coefficient (Wildman–Crippen LogP) is 6.43. The molecule has 1 atom stereocenters. The van der Waals surface area contributed by atoms with Crippen LogP contribution in [0.5, 0.6) is 0 Å². The number of nitrogens with zero attached hydrogens (tertiary/aromatic N) is 1. The molecular formula is C30H39NO3. The molecule has 0 aliphatic rings. The molecule has 0 heterocycles. The zero-order valence-corrected chi connectivity index (χ0v) is 21.1. The van der Waals surface area contributed by atoms with Gasteiger partial charge in [0.15, 0.2) is 0 Å². The largest absolute Gasteiger partial charge is 0.481 e. The molecule has 0 aliphatic carbocycles. The van der Waals surface area contributed by atoms with Crippen molar-refractivity contribution in [2.45, 2.75) is 39.2 Å². The fourth-order valence-electron chi connectivity index (χ4n) is 3.55. The molecule has 34 heavy (non-hydrogen) atoms. The normalized spacial score (nSPS) is 11.9. The van der Waals surface area contributed by atoms with Gasteiger partial charge in [0.05, 0.1) is 12.5 Å². The molecule has 0 radical (unpaired) electrons. The van der Waals surface area contributed by atoms with Crippen LogP contribution in [0.4, 0.5) is 0 Å². The van der Waals surface area contributed by atoms with Crippen LogP contribution in [0.15, 0.2) is 84.9 Å². The highest BCUT2D eigenvalue weighted by Crippen LogP contribution is 2.25. The Morgan fingerprint density at radius 1 is 0.794 bits per heavy atom. The maximum Gasteiger partial charge on any atom is 0.310 e. The molecule has 4 heteroatoms. The first kappa shape index (κ1) is 27.3. The number of carboxylic acids is 1. The van der Waals surface area contributed by atoms with Gasteiger partial charge in [0.25, 0.3) is 0 Å². The molecule has 0 amide bonds. The fraction of sp³-hybridized carbons (Fsp3) is 0.367. The first-order chi connectivity index (χ1) is 16.3. The zero-order valence-electron chi connectivity index (χ0n) is 21.1. The summed E-state index contributed by atoms with van der Waals surface area (Å²) in [5.41, 5.74) is 4.54. The smallest absolute Gasteiger partial charge is 0.310 e. The van der Waals surface area contributed by atoms with Gasteiger partial charge in [-0.15, -0.1) is 0 Å². The van der Waals surface area contributed by atoms with Crippen LogP contribution in [0.1, 0.15) is 55.0 Å². The summed E-state index contributed by atoms with van der Waals surface area (Å²) in [6, 6.07) is 28.6. The Balaban J connectivity index is 0.000000248. The highest BCUT2D eigenvalue weighted by Gasteiger charge is 2.14. The number of hydrogen-bond acceptors (Lipinski definition) is 3. The summed E-state index contributed by atoms with van der Waals surface area (Å²) in [5.74, 6) is -0.558. The lowest BCUT2D eigenvalue weighted by atomic mass is 9.97. The van der Waals surface area contributed by atoms with Crippen LogP contribution in [0.25, 0.3) is 0 Å². The molecule has 3 aromatic rings. The summed E-state index contributed by atoms with van der Waals surface area (Å²) in [6.45, 7) is 7.71. The van der Waals surface area contributed by atoms with E-state index in [1.54, 1.807) is 6.92 Å². The van der Waals surface area contributed by atoms with Gasteiger partial charge in [-0.2, -0.15) is 0 Å². The minimum atomic E-state index is -0.772. The lowest BCUT2D eigenvalue weighted by molar-refractivity contribution is -0.138. The van der Waals surface area contributed by atoms with E-state index in [0.29, 0.717) is 5.92 Å². The van der Waals surface area contributed by atoms with Crippen LogP contribution >= 0.6 is 0 Å². The van der Waals surface area contributed by atoms with Crippen molar-refractivity contribution in [1.29, 1.82) is 0 Å². The fourth-order valence-corrected chi connectivity index (χ4v) is 3.55. The van der Waals surface area contributed by atoms with E-state index in [4.69, 9.17) is 9.84 Å². The van der Waals surface area contributed by atoms with Crippen molar-refractivity contribution in [3.63, 3.8) is 0 Å². The highest BCUT2D eigenvalue weighted by atomic mass is 16.5. The molecule has 0 bridgehead atoms. The summed E-state index contributed by atoms with van der Waals surface area (Å²) in [5, 5.41) is 8.85. The Bertz CT molecular complexity index is 914. The van der Waals surface area contributed by atoms with Crippen molar-refractivity contribution in [3.05, 3.63) is 107 Å². The minimum absolute atomic E-state index is 0.0161. The van der Waals surface area contributed by atoms with E-state index in [9.17, 15) is 4.79 Å². The van der Waals surface area contributed by atoms with Crippen LogP contribution < -0.4 is 0 Å². The molecular weight excluding hydrogens is 422 g/mol. The molecule has 0 fully saturated rings. The molecule has 182 valence electrons. The molecule has 1 unspecified atom stereocenters. The first-order valence-corrected chi connectivity index (χ1v) is 12.0. The lowest BCUT2D eigenvalue weighted by Crippen LogP contribution is -2.20. The molecule has 4 nitrogen and oxygen atoms in total. The minimum Gasteiger partial charge on any atom is -0.481 e. The maximum absolute atomic E-state index is 10.8. The van der Waals surface area contributed by atoms with E-state index >= 15 is 0 Å². The second kappa shape index (κ2) is 14.3. The SMILES string of the molecule is CC(C)Cc1ccc(C(C)C(=O)O)cc1.CN(C)CCOC(c1ccccc1)c1ccccc1. The van der Waals surface area contributed by atoms with Gasteiger partial charge < -0.3 is 14.7 Å². The van der Waals surface area contributed by atoms with Gasteiger partial charge >= 0.3 is 5.97 Å². The van der Waals surface area contributed by atoms with Crippen molar-refractivity contribution in [2.75, 3.05) is 27.2 Å². The summed E-state index contributed by atoms with van der Waals surface area (Å²) in [6.07, 6.45) is 1.06. The van der Waals surface area contributed by atoms with E-state index < -0.39 is 11.9 Å². The number of benzene rings is 3. The van der Waals surface area contributed by atoms with Gasteiger partial charge in [-0.3, -0.25) is 4.79 Å². The van der Waals surface area contributed by atoms with Crippen LogP contribution in [-0.2, 0) is 16.0 Å². The maximum atomic E-state index is 10.8. The third-order valence-corrected chi connectivity index (χ3v) is 5.52. The molecule has 3 rings (SSSR count). The van der Waals surface area contributed by atoms with Crippen molar-refractivity contribution in [3.8, 4) is 0 Å². The van der Waals surface area contributed by atoms with Crippen molar-refractivity contribution >= 4 is 5.97 Å². The molecule has 0 saturated heterocycles. The Hall–Kier alpha value is -2.95. The molecule has 0 saturated carbocycles. The van der Waals surface area contributed by atoms with E-state index in [-0.39, 0.29) is 6.10 Å². The van der Waals surface area contributed by atoms with Gasteiger partial charge in [-0.05, 0) is 55.6 Å². The first-order valence-electron chi connectivity index (χ1n) is 12.0. The quantitative estimate of drug-likeness (QED) is 0.378. The van der Waals surface area contributed by atoms with E-state index in [1.807, 2.05) is 36.4 Å². The summed E-state index contributed by atoms with van der Waals surface area (Å²) in [4.78, 5) is 12.9. The second-order valence-corrected chi connectivity index (χ2v) is 9.27.